The second-order valence-electron chi connectivity index (χ2n) is 8.28. The Morgan fingerprint density at radius 1 is 0.912 bits per heavy atom. The molecule has 0 aliphatic heterocycles. The van der Waals surface area contributed by atoms with Gasteiger partial charge in [0.1, 0.15) is 11.4 Å². The van der Waals surface area contributed by atoms with Gasteiger partial charge in [0, 0.05) is 26.2 Å². The zero-order valence-electron chi connectivity index (χ0n) is 20.4. The molecule has 8 heteroatoms. The summed E-state index contributed by atoms with van der Waals surface area (Å²) in [6, 6.07) is 19.9. The third kappa shape index (κ3) is 5.93. The molecule has 2 aromatic carbocycles. The predicted molar refractivity (Wildman–Crippen MR) is 134 cm³/mol. The average Bonchev–Trinajstić information content (AvgIpc) is 3.11. The van der Waals surface area contributed by atoms with Gasteiger partial charge in [-0.15, -0.1) is 0 Å². The number of amides is 1. The number of rotatable bonds is 11. The lowest BCUT2D eigenvalue weighted by molar-refractivity contribution is -0.132. The predicted octanol–water partition coefficient (Wildman–Crippen LogP) is 3.80. The van der Waals surface area contributed by atoms with E-state index < -0.39 is 10.0 Å². The third-order valence-electron chi connectivity index (χ3n) is 5.99. The van der Waals surface area contributed by atoms with E-state index in [9.17, 15) is 13.2 Å². The second-order valence-corrected chi connectivity index (χ2v) is 10.2. The Morgan fingerprint density at radius 3 is 2.03 bits per heavy atom. The molecule has 0 aliphatic rings. The van der Waals surface area contributed by atoms with E-state index in [1.807, 2.05) is 67.3 Å². The molecule has 0 fully saturated rings. The number of aromatic nitrogens is 2. The number of hydrogen-bond acceptors (Lipinski definition) is 4. The molecule has 0 radical (unpaired) electrons. The van der Waals surface area contributed by atoms with Crippen molar-refractivity contribution in [3.05, 3.63) is 83.2 Å². The minimum Gasteiger partial charge on any atom is -0.336 e. The summed E-state index contributed by atoms with van der Waals surface area (Å²) in [6.45, 7) is 8.82. The topological polar surface area (TPSA) is 75.5 Å². The van der Waals surface area contributed by atoms with Gasteiger partial charge in [0.2, 0.25) is 15.9 Å². The fraction of sp³-hybridized carbons (Fsp3) is 0.385. The molecule has 0 atom stereocenters. The fourth-order valence-electron chi connectivity index (χ4n) is 4.13. The highest BCUT2D eigenvalue weighted by Crippen LogP contribution is 2.23. The summed E-state index contributed by atoms with van der Waals surface area (Å²) in [6.07, 6.45) is 0.734. The van der Waals surface area contributed by atoms with Crippen molar-refractivity contribution >= 4 is 15.9 Å². The number of sulfonamides is 1. The number of nitrogens with zero attached hydrogens (tertiary/aromatic N) is 4. The standard InChI is InChI=1S/C26H34N4O3S/c1-5-29(6-2)34(32,33)26-21(3)27-30(22(26)4)20-25(31)28(19-24-15-11-8-12-16-24)18-17-23-13-9-7-10-14-23/h7-16H,5-6,17-20H2,1-4H3. The summed E-state index contributed by atoms with van der Waals surface area (Å²) in [5, 5.41) is 4.44. The van der Waals surface area contributed by atoms with E-state index in [0.29, 0.717) is 37.6 Å². The van der Waals surface area contributed by atoms with Gasteiger partial charge in [-0.05, 0) is 31.4 Å². The molecule has 0 saturated heterocycles. The van der Waals surface area contributed by atoms with Crippen molar-refractivity contribution in [2.75, 3.05) is 19.6 Å². The highest BCUT2D eigenvalue weighted by atomic mass is 32.2. The number of benzene rings is 2. The molecular formula is C26H34N4O3S. The molecular weight excluding hydrogens is 448 g/mol. The lowest BCUT2D eigenvalue weighted by Gasteiger charge is -2.23. The van der Waals surface area contributed by atoms with Crippen molar-refractivity contribution in [1.82, 2.24) is 19.0 Å². The van der Waals surface area contributed by atoms with Gasteiger partial charge in [0.05, 0.1) is 11.4 Å². The molecule has 1 heterocycles. The molecule has 0 bridgehead atoms. The number of carbonyl (C=O) groups is 1. The van der Waals surface area contributed by atoms with Gasteiger partial charge in [-0.2, -0.15) is 9.40 Å². The molecule has 0 N–H and O–H groups in total. The van der Waals surface area contributed by atoms with Gasteiger partial charge in [0.15, 0.2) is 0 Å². The van der Waals surface area contributed by atoms with Crippen molar-refractivity contribution in [2.45, 2.75) is 52.1 Å². The minimum atomic E-state index is -3.67. The summed E-state index contributed by atoms with van der Waals surface area (Å²) in [5.74, 6) is -0.0998. The smallest absolute Gasteiger partial charge is 0.246 e. The van der Waals surface area contributed by atoms with Crippen LogP contribution in [0, 0.1) is 13.8 Å². The van der Waals surface area contributed by atoms with Crippen LogP contribution in [-0.2, 0) is 34.3 Å². The molecule has 1 amide bonds. The van der Waals surface area contributed by atoms with Crippen molar-refractivity contribution in [1.29, 1.82) is 0 Å². The van der Waals surface area contributed by atoms with Gasteiger partial charge in [-0.3, -0.25) is 9.48 Å². The van der Waals surface area contributed by atoms with E-state index in [1.54, 1.807) is 13.8 Å². The summed E-state index contributed by atoms with van der Waals surface area (Å²) >= 11 is 0. The van der Waals surface area contributed by atoms with E-state index in [0.717, 1.165) is 17.5 Å². The maximum absolute atomic E-state index is 13.4. The molecule has 0 spiro atoms. The van der Waals surface area contributed by atoms with Crippen molar-refractivity contribution in [3.8, 4) is 0 Å². The first-order valence-electron chi connectivity index (χ1n) is 11.7. The summed E-state index contributed by atoms with van der Waals surface area (Å²) < 4.78 is 29.2. The number of hydrogen-bond donors (Lipinski definition) is 0. The van der Waals surface area contributed by atoms with Crippen molar-refractivity contribution in [3.63, 3.8) is 0 Å². The summed E-state index contributed by atoms with van der Waals surface area (Å²) in [7, 11) is -3.67. The first-order chi connectivity index (χ1) is 16.3. The summed E-state index contributed by atoms with van der Waals surface area (Å²) in [4.78, 5) is 15.4. The maximum Gasteiger partial charge on any atom is 0.246 e. The first-order valence-corrected chi connectivity index (χ1v) is 13.1. The van der Waals surface area contributed by atoms with Gasteiger partial charge in [-0.1, -0.05) is 74.5 Å². The van der Waals surface area contributed by atoms with Crippen LogP contribution >= 0.6 is 0 Å². The zero-order chi connectivity index (χ0) is 24.7. The Morgan fingerprint density at radius 2 is 1.47 bits per heavy atom. The highest BCUT2D eigenvalue weighted by molar-refractivity contribution is 7.89. The van der Waals surface area contributed by atoms with Crippen LogP contribution < -0.4 is 0 Å². The van der Waals surface area contributed by atoms with Crippen molar-refractivity contribution in [2.24, 2.45) is 0 Å². The molecule has 34 heavy (non-hydrogen) atoms. The van der Waals surface area contributed by atoms with Gasteiger partial charge >= 0.3 is 0 Å². The van der Waals surface area contributed by atoms with Crippen LogP contribution in [0.4, 0.5) is 0 Å². The highest BCUT2D eigenvalue weighted by Gasteiger charge is 2.30. The van der Waals surface area contributed by atoms with Gasteiger partial charge in [0.25, 0.3) is 0 Å². The molecule has 7 nitrogen and oxygen atoms in total. The fourth-order valence-corrected chi connectivity index (χ4v) is 5.96. The summed E-state index contributed by atoms with van der Waals surface area (Å²) in [5.41, 5.74) is 3.10. The molecule has 3 aromatic rings. The van der Waals surface area contributed by atoms with Crippen molar-refractivity contribution < 1.29 is 13.2 Å². The normalized spacial score (nSPS) is 11.7. The average molecular weight is 483 g/mol. The Balaban J connectivity index is 1.84. The van der Waals surface area contributed by atoms with Crippen LogP contribution in [0.25, 0.3) is 0 Å². The largest absolute Gasteiger partial charge is 0.336 e. The Kier molecular flexibility index (Phi) is 8.63. The molecule has 0 aliphatic carbocycles. The Labute approximate surface area is 203 Å². The first kappa shape index (κ1) is 25.6. The minimum absolute atomic E-state index is 0.0118. The Hall–Kier alpha value is -2.97. The lowest BCUT2D eigenvalue weighted by Crippen LogP contribution is -2.35. The van der Waals surface area contributed by atoms with E-state index in [2.05, 4.69) is 17.2 Å². The van der Waals surface area contributed by atoms with E-state index in [-0.39, 0.29) is 17.3 Å². The Bertz CT molecular complexity index is 1190. The van der Waals surface area contributed by atoms with Crippen LogP contribution in [0.1, 0.15) is 36.4 Å². The van der Waals surface area contributed by atoms with E-state index >= 15 is 0 Å². The molecule has 0 saturated carbocycles. The van der Waals surface area contributed by atoms with Crippen LogP contribution in [0.15, 0.2) is 65.6 Å². The zero-order valence-corrected chi connectivity index (χ0v) is 21.3. The van der Waals surface area contributed by atoms with Crippen LogP contribution in [0.3, 0.4) is 0 Å². The molecule has 3 rings (SSSR count). The van der Waals surface area contributed by atoms with Crippen LogP contribution in [0.2, 0.25) is 0 Å². The quantitative estimate of drug-likeness (QED) is 0.417. The lowest BCUT2D eigenvalue weighted by atomic mass is 10.1. The van der Waals surface area contributed by atoms with Gasteiger partial charge in [-0.25, -0.2) is 8.42 Å². The molecule has 182 valence electrons. The second kappa shape index (κ2) is 11.4. The van der Waals surface area contributed by atoms with E-state index in [1.165, 1.54) is 8.99 Å². The SMILES string of the molecule is CCN(CC)S(=O)(=O)c1c(C)nn(CC(=O)N(CCc2ccccc2)Cc2ccccc2)c1C. The van der Waals surface area contributed by atoms with Gasteiger partial charge < -0.3 is 4.90 Å². The molecule has 0 unspecified atom stereocenters. The van der Waals surface area contributed by atoms with E-state index in [4.69, 9.17) is 0 Å². The number of carbonyl (C=O) groups excluding carboxylic acids is 1. The molecule has 1 aromatic heterocycles. The third-order valence-corrected chi connectivity index (χ3v) is 8.29. The number of aryl methyl sites for hydroxylation is 1. The maximum atomic E-state index is 13.4. The van der Waals surface area contributed by atoms with Crippen LogP contribution in [-0.4, -0.2) is 52.9 Å². The monoisotopic (exact) mass is 482 g/mol. The van der Waals surface area contributed by atoms with Crippen LogP contribution in [0.5, 0.6) is 0 Å².